The molecule has 1 fully saturated rings. The highest BCUT2D eigenvalue weighted by Gasteiger charge is 2.27. The van der Waals surface area contributed by atoms with Gasteiger partial charge in [-0.1, -0.05) is 20.8 Å². The molecule has 1 atom stereocenters. The van der Waals surface area contributed by atoms with E-state index < -0.39 is 6.04 Å². The lowest BCUT2D eigenvalue weighted by molar-refractivity contribution is -0.130. The number of likely N-dealkylation sites (tertiary alicyclic amines) is 1. The Morgan fingerprint density at radius 3 is 2.33 bits per heavy atom. The Hall–Kier alpha value is -1.10. The second-order valence-corrected chi connectivity index (χ2v) is 5.97. The lowest BCUT2D eigenvalue weighted by atomic mass is 9.87. The van der Waals surface area contributed by atoms with E-state index in [-0.39, 0.29) is 17.2 Å². The molecular weight excluding hydrogens is 230 g/mol. The van der Waals surface area contributed by atoms with Crippen molar-refractivity contribution >= 4 is 11.8 Å². The molecule has 1 unspecified atom stereocenters. The number of nitrogens with one attached hydrogen (secondary N) is 1. The number of hydrogen-bond acceptors (Lipinski definition) is 3. The van der Waals surface area contributed by atoms with Crippen molar-refractivity contribution < 1.29 is 9.59 Å². The third-order valence-corrected chi connectivity index (χ3v) is 3.31. The van der Waals surface area contributed by atoms with Crippen molar-refractivity contribution in [3.05, 3.63) is 0 Å². The molecule has 0 aliphatic carbocycles. The highest BCUT2D eigenvalue weighted by Crippen LogP contribution is 2.17. The molecule has 0 radical (unpaired) electrons. The van der Waals surface area contributed by atoms with Crippen LogP contribution in [0.2, 0.25) is 0 Å². The molecule has 1 aliphatic heterocycles. The van der Waals surface area contributed by atoms with Gasteiger partial charge in [-0.3, -0.25) is 9.59 Å². The summed E-state index contributed by atoms with van der Waals surface area (Å²) in [5.74, 6) is -0.0612. The monoisotopic (exact) mass is 255 g/mol. The molecule has 0 aromatic heterocycles. The van der Waals surface area contributed by atoms with Crippen molar-refractivity contribution in [3.8, 4) is 0 Å². The highest BCUT2D eigenvalue weighted by atomic mass is 16.2. The van der Waals surface area contributed by atoms with E-state index in [0.717, 1.165) is 25.9 Å². The van der Waals surface area contributed by atoms with Crippen molar-refractivity contribution in [2.45, 2.75) is 46.1 Å². The van der Waals surface area contributed by atoms with Gasteiger partial charge in [-0.15, -0.1) is 0 Å². The van der Waals surface area contributed by atoms with Crippen molar-refractivity contribution in [2.75, 3.05) is 19.6 Å². The van der Waals surface area contributed by atoms with E-state index >= 15 is 0 Å². The molecule has 0 aromatic rings. The third-order valence-electron chi connectivity index (χ3n) is 3.31. The number of carbonyl (C=O) groups excluding carboxylic acids is 2. The van der Waals surface area contributed by atoms with Crippen molar-refractivity contribution in [2.24, 2.45) is 11.1 Å². The Morgan fingerprint density at radius 1 is 1.28 bits per heavy atom. The number of hydrogen-bond donors (Lipinski definition) is 2. The summed E-state index contributed by atoms with van der Waals surface area (Å²) in [5, 5.41) is 2.73. The Bertz CT molecular complexity index is 304. The van der Waals surface area contributed by atoms with Crippen LogP contribution in [0, 0.1) is 5.41 Å². The molecule has 0 spiro atoms. The van der Waals surface area contributed by atoms with Crippen LogP contribution < -0.4 is 11.1 Å². The van der Waals surface area contributed by atoms with Crippen LogP contribution in [-0.4, -0.2) is 42.4 Å². The first-order chi connectivity index (χ1) is 8.32. The van der Waals surface area contributed by atoms with Crippen LogP contribution >= 0.6 is 0 Å². The average molecular weight is 255 g/mol. The number of rotatable bonds is 4. The van der Waals surface area contributed by atoms with Gasteiger partial charge in [0.15, 0.2) is 0 Å². The summed E-state index contributed by atoms with van der Waals surface area (Å²) >= 11 is 0. The van der Waals surface area contributed by atoms with Crippen molar-refractivity contribution in [3.63, 3.8) is 0 Å². The van der Waals surface area contributed by atoms with E-state index in [1.165, 1.54) is 0 Å². The zero-order valence-corrected chi connectivity index (χ0v) is 11.7. The predicted octanol–water partition coefficient (Wildman–Crippen LogP) is 0.489. The summed E-state index contributed by atoms with van der Waals surface area (Å²) in [6.07, 6.45) is 2.54. The molecule has 18 heavy (non-hydrogen) atoms. The molecule has 1 saturated heterocycles. The standard InChI is InChI=1S/C13H25N3O2/c1-13(2,3)11(14)12(18)15-7-6-10(17)16-8-4-5-9-16/h11H,4-9,14H2,1-3H3,(H,15,18). The number of carbonyl (C=O) groups is 2. The van der Waals surface area contributed by atoms with Gasteiger partial charge in [0.25, 0.3) is 0 Å². The maximum atomic E-state index is 11.7. The van der Waals surface area contributed by atoms with E-state index in [4.69, 9.17) is 5.73 Å². The Balaban J connectivity index is 2.25. The Morgan fingerprint density at radius 2 is 1.83 bits per heavy atom. The van der Waals surface area contributed by atoms with Crippen LogP contribution in [0.25, 0.3) is 0 Å². The Kier molecular flexibility index (Phi) is 5.14. The molecule has 1 heterocycles. The van der Waals surface area contributed by atoms with Crippen LogP contribution in [-0.2, 0) is 9.59 Å². The molecule has 104 valence electrons. The van der Waals surface area contributed by atoms with Gasteiger partial charge < -0.3 is 16.0 Å². The van der Waals surface area contributed by atoms with E-state index in [2.05, 4.69) is 5.32 Å². The molecule has 3 N–H and O–H groups in total. The zero-order valence-electron chi connectivity index (χ0n) is 11.7. The van der Waals surface area contributed by atoms with Crippen LogP contribution in [0.1, 0.15) is 40.0 Å². The molecule has 5 nitrogen and oxygen atoms in total. The topological polar surface area (TPSA) is 75.4 Å². The van der Waals surface area contributed by atoms with Gasteiger partial charge in [0, 0.05) is 26.1 Å². The van der Waals surface area contributed by atoms with E-state index in [9.17, 15) is 9.59 Å². The molecule has 1 aliphatic rings. The van der Waals surface area contributed by atoms with Crippen LogP contribution in [0.15, 0.2) is 0 Å². The zero-order chi connectivity index (χ0) is 13.8. The Labute approximate surface area is 109 Å². The summed E-state index contributed by atoms with van der Waals surface area (Å²) < 4.78 is 0. The number of nitrogens with zero attached hydrogens (tertiary/aromatic N) is 1. The number of amides is 2. The first-order valence-corrected chi connectivity index (χ1v) is 6.63. The minimum atomic E-state index is -0.542. The molecule has 0 aromatic carbocycles. The van der Waals surface area contributed by atoms with Gasteiger partial charge in [-0.05, 0) is 18.3 Å². The fourth-order valence-corrected chi connectivity index (χ4v) is 1.92. The smallest absolute Gasteiger partial charge is 0.237 e. The van der Waals surface area contributed by atoms with Gasteiger partial charge in [-0.2, -0.15) is 0 Å². The minimum Gasteiger partial charge on any atom is -0.354 e. The largest absolute Gasteiger partial charge is 0.354 e. The third kappa shape index (κ3) is 4.29. The van der Waals surface area contributed by atoms with Crippen LogP contribution in [0.3, 0.4) is 0 Å². The maximum absolute atomic E-state index is 11.7. The SMILES string of the molecule is CC(C)(C)C(N)C(=O)NCCC(=O)N1CCCC1. The molecule has 2 amide bonds. The molecule has 0 saturated carbocycles. The summed E-state index contributed by atoms with van der Waals surface area (Å²) in [5.41, 5.74) is 5.57. The lowest BCUT2D eigenvalue weighted by Gasteiger charge is -2.25. The fourth-order valence-electron chi connectivity index (χ4n) is 1.92. The van der Waals surface area contributed by atoms with Gasteiger partial charge in [0.05, 0.1) is 6.04 Å². The van der Waals surface area contributed by atoms with E-state index in [1.54, 1.807) is 0 Å². The molecule has 1 rings (SSSR count). The molecular formula is C13H25N3O2. The molecule has 5 heteroatoms. The van der Waals surface area contributed by atoms with Gasteiger partial charge >= 0.3 is 0 Å². The normalized spacial score (nSPS) is 17.7. The van der Waals surface area contributed by atoms with E-state index in [0.29, 0.717) is 13.0 Å². The second-order valence-electron chi connectivity index (χ2n) is 5.97. The first kappa shape index (κ1) is 15.0. The lowest BCUT2D eigenvalue weighted by Crippen LogP contribution is -2.49. The van der Waals surface area contributed by atoms with Gasteiger partial charge in [0.1, 0.15) is 0 Å². The van der Waals surface area contributed by atoms with Gasteiger partial charge in [-0.25, -0.2) is 0 Å². The molecule has 0 bridgehead atoms. The van der Waals surface area contributed by atoms with Crippen LogP contribution in [0.5, 0.6) is 0 Å². The quantitative estimate of drug-likeness (QED) is 0.767. The average Bonchev–Trinajstić information content (AvgIpc) is 2.79. The summed E-state index contributed by atoms with van der Waals surface area (Å²) in [7, 11) is 0. The summed E-state index contributed by atoms with van der Waals surface area (Å²) in [4.78, 5) is 25.3. The predicted molar refractivity (Wildman–Crippen MR) is 70.9 cm³/mol. The summed E-state index contributed by atoms with van der Waals surface area (Å²) in [6, 6.07) is -0.542. The minimum absolute atomic E-state index is 0.122. The van der Waals surface area contributed by atoms with Crippen molar-refractivity contribution in [1.29, 1.82) is 0 Å². The fraction of sp³-hybridized carbons (Fsp3) is 0.846. The maximum Gasteiger partial charge on any atom is 0.237 e. The highest BCUT2D eigenvalue weighted by molar-refractivity contribution is 5.83. The van der Waals surface area contributed by atoms with Gasteiger partial charge in [0.2, 0.25) is 11.8 Å². The van der Waals surface area contributed by atoms with Crippen LogP contribution in [0.4, 0.5) is 0 Å². The first-order valence-electron chi connectivity index (χ1n) is 6.63. The second kappa shape index (κ2) is 6.18. The van der Waals surface area contributed by atoms with Crippen molar-refractivity contribution in [1.82, 2.24) is 10.2 Å². The number of nitrogens with two attached hydrogens (primary N) is 1. The van der Waals surface area contributed by atoms with E-state index in [1.807, 2.05) is 25.7 Å². The summed E-state index contributed by atoms with van der Waals surface area (Å²) in [6.45, 7) is 7.85.